The molecule has 2 fully saturated rings. The minimum atomic E-state index is -3.80. The first kappa shape index (κ1) is 26.7. The summed E-state index contributed by atoms with van der Waals surface area (Å²) in [6, 6.07) is 13.5. The monoisotopic (exact) mass is 558 g/mol. The molecule has 0 unspecified atom stereocenters. The minimum Gasteiger partial charge on any atom is -0.369 e. The van der Waals surface area contributed by atoms with E-state index in [1.54, 1.807) is 48.8 Å². The molecule has 0 spiro atoms. The predicted octanol–water partition coefficient (Wildman–Crippen LogP) is 5.04. The second-order valence-electron chi connectivity index (χ2n) is 10.8. The SMILES string of the molecule is C=CCOCc1nc2cnc3c(ccn3S(=O)(=O)c3ccccc3)c2n1C1CCC(N2CCC(C#N)CC2)CC1. The van der Waals surface area contributed by atoms with Crippen LogP contribution in [0.15, 0.2) is 66.3 Å². The van der Waals surface area contributed by atoms with E-state index in [1.165, 1.54) is 3.97 Å². The van der Waals surface area contributed by atoms with Crippen LogP contribution in [0.25, 0.3) is 22.1 Å². The van der Waals surface area contributed by atoms with Crippen LogP contribution in [-0.4, -0.2) is 57.6 Å². The van der Waals surface area contributed by atoms with Gasteiger partial charge in [-0.1, -0.05) is 24.3 Å². The fourth-order valence-corrected chi connectivity index (χ4v) is 7.72. The van der Waals surface area contributed by atoms with Gasteiger partial charge in [-0.25, -0.2) is 22.4 Å². The quantitative estimate of drug-likeness (QED) is 0.220. The first-order valence-electron chi connectivity index (χ1n) is 14.0. The van der Waals surface area contributed by atoms with Crippen LogP contribution in [0.4, 0.5) is 0 Å². The average Bonchev–Trinajstić information content (AvgIpc) is 3.60. The fourth-order valence-electron chi connectivity index (χ4n) is 6.40. The molecule has 1 saturated heterocycles. The Hall–Kier alpha value is -3.52. The van der Waals surface area contributed by atoms with Crippen LogP contribution in [0.2, 0.25) is 0 Å². The summed E-state index contributed by atoms with van der Waals surface area (Å²) in [6.07, 6.45) is 11.0. The number of likely N-dealkylation sites (tertiary alicyclic amines) is 1. The van der Waals surface area contributed by atoms with Gasteiger partial charge in [0.2, 0.25) is 0 Å². The van der Waals surface area contributed by atoms with Crippen molar-refractivity contribution in [3.8, 4) is 6.07 Å². The Morgan fingerprint density at radius 3 is 2.48 bits per heavy atom. The number of hydrogen-bond acceptors (Lipinski definition) is 7. The number of benzene rings is 1. The van der Waals surface area contributed by atoms with E-state index in [-0.39, 0.29) is 16.9 Å². The van der Waals surface area contributed by atoms with Crippen molar-refractivity contribution in [2.75, 3.05) is 19.7 Å². The van der Waals surface area contributed by atoms with E-state index < -0.39 is 10.0 Å². The Kier molecular flexibility index (Phi) is 7.45. The van der Waals surface area contributed by atoms with Gasteiger partial charge in [-0.15, -0.1) is 6.58 Å². The van der Waals surface area contributed by atoms with E-state index >= 15 is 0 Å². The van der Waals surface area contributed by atoms with Crippen LogP contribution in [-0.2, 0) is 21.4 Å². The lowest BCUT2D eigenvalue weighted by Crippen LogP contribution is -2.43. The molecule has 4 aromatic rings. The summed E-state index contributed by atoms with van der Waals surface area (Å²) < 4.78 is 36.4. The topological polar surface area (TPSA) is 106 Å². The summed E-state index contributed by atoms with van der Waals surface area (Å²) in [5.74, 6) is 1.01. The molecule has 9 nitrogen and oxygen atoms in total. The largest absolute Gasteiger partial charge is 0.369 e. The Morgan fingerprint density at radius 1 is 1.05 bits per heavy atom. The van der Waals surface area contributed by atoms with Crippen molar-refractivity contribution in [2.45, 2.75) is 62.1 Å². The van der Waals surface area contributed by atoms with Gasteiger partial charge in [0.25, 0.3) is 10.0 Å². The second-order valence-corrected chi connectivity index (χ2v) is 12.6. The number of imidazole rings is 1. The molecule has 2 aliphatic rings. The smallest absolute Gasteiger partial charge is 0.269 e. The van der Waals surface area contributed by atoms with Crippen molar-refractivity contribution in [2.24, 2.45) is 5.92 Å². The zero-order chi connectivity index (χ0) is 27.7. The second kappa shape index (κ2) is 11.2. The Balaban J connectivity index is 1.35. The van der Waals surface area contributed by atoms with Gasteiger partial charge >= 0.3 is 0 Å². The number of hydrogen-bond donors (Lipinski definition) is 0. The Labute approximate surface area is 234 Å². The third-order valence-corrected chi connectivity index (χ3v) is 10.1. The van der Waals surface area contributed by atoms with Gasteiger partial charge in [-0.2, -0.15) is 5.26 Å². The van der Waals surface area contributed by atoms with Crippen molar-refractivity contribution < 1.29 is 13.2 Å². The Bertz CT molecular complexity index is 1650. The summed E-state index contributed by atoms with van der Waals surface area (Å²) in [5.41, 5.74) is 2.04. The van der Waals surface area contributed by atoms with E-state index in [1.807, 2.05) is 6.07 Å². The minimum absolute atomic E-state index is 0.192. The fraction of sp³-hybridized carbons (Fsp3) is 0.433. The van der Waals surface area contributed by atoms with Gasteiger partial charge in [-0.3, -0.25) is 0 Å². The number of nitrogens with zero attached hydrogens (tertiary/aromatic N) is 6. The lowest BCUT2D eigenvalue weighted by atomic mass is 9.87. The zero-order valence-corrected chi connectivity index (χ0v) is 23.3. The summed E-state index contributed by atoms with van der Waals surface area (Å²) in [4.78, 5) is 12.3. The number of nitriles is 1. The molecular formula is C30H34N6O3S. The van der Waals surface area contributed by atoms with Crippen LogP contribution in [0.3, 0.4) is 0 Å². The molecule has 1 saturated carbocycles. The van der Waals surface area contributed by atoms with Crippen molar-refractivity contribution >= 4 is 32.1 Å². The van der Waals surface area contributed by atoms with Crippen molar-refractivity contribution in [3.63, 3.8) is 0 Å². The first-order valence-corrected chi connectivity index (χ1v) is 15.4. The highest BCUT2D eigenvalue weighted by molar-refractivity contribution is 7.90. The maximum absolute atomic E-state index is 13.5. The van der Waals surface area contributed by atoms with Gasteiger partial charge in [0.05, 0.1) is 29.3 Å². The van der Waals surface area contributed by atoms with Crippen LogP contribution in [0.1, 0.15) is 50.4 Å². The molecule has 0 atom stereocenters. The van der Waals surface area contributed by atoms with E-state index in [9.17, 15) is 13.7 Å². The molecule has 10 heteroatoms. The maximum atomic E-state index is 13.5. The average molecular weight is 559 g/mol. The number of piperidine rings is 1. The van der Waals surface area contributed by atoms with Crippen LogP contribution in [0.5, 0.6) is 0 Å². The predicted molar refractivity (Wildman–Crippen MR) is 153 cm³/mol. The van der Waals surface area contributed by atoms with Crippen LogP contribution in [0, 0.1) is 17.2 Å². The van der Waals surface area contributed by atoms with Gasteiger partial charge in [0.1, 0.15) is 17.9 Å². The number of ether oxygens (including phenoxy) is 1. The third kappa shape index (κ3) is 4.83. The first-order chi connectivity index (χ1) is 19.5. The van der Waals surface area contributed by atoms with E-state index in [2.05, 4.69) is 27.1 Å². The molecule has 1 aliphatic carbocycles. The molecule has 4 heterocycles. The van der Waals surface area contributed by atoms with Gasteiger partial charge in [0.15, 0.2) is 5.65 Å². The highest BCUT2D eigenvalue weighted by atomic mass is 32.2. The van der Waals surface area contributed by atoms with Crippen molar-refractivity contribution in [1.29, 1.82) is 5.26 Å². The highest BCUT2D eigenvalue weighted by Gasteiger charge is 2.32. The normalized spacial score (nSPS) is 21.1. The molecule has 1 aromatic carbocycles. The molecule has 6 rings (SSSR count). The number of aromatic nitrogens is 4. The third-order valence-electron chi connectivity index (χ3n) is 8.43. The maximum Gasteiger partial charge on any atom is 0.269 e. The standard InChI is InChI=1S/C30H34N6O3S/c1-2-18-39-21-28-33-27-20-32-30-26(14-17-35(30)40(37,38)25-6-4-3-5-7-25)29(27)36(28)24-10-8-23(9-11-24)34-15-12-22(19-31)13-16-34/h2-7,14,17,20,22-24H,1,8-13,15-16,18,21H2. The molecule has 208 valence electrons. The number of rotatable bonds is 8. The molecule has 0 N–H and O–H groups in total. The van der Waals surface area contributed by atoms with Crippen LogP contribution < -0.4 is 0 Å². The zero-order valence-electron chi connectivity index (χ0n) is 22.5. The van der Waals surface area contributed by atoms with Gasteiger partial charge < -0.3 is 14.2 Å². The number of pyridine rings is 1. The van der Waals surface area contributed by atoms with Gasteiger partial charge in [-0.05, 0) is 69.8 Å². The van der Waals surface area contributed by atoms with E-state index in [4.69, 9.17) is 9.72 Å². The van der Waals surface area contributed by atoms with E-state index in [0.717, 1.165) is 73.9 Å². The molecule has 0 bridgehead atoms. The van der Waals surface area contributed by atoms with Crippen LogP contribution >= 0.6 is 0 Å². The van der Waals surface area contributed by atoms with Crippen molar-refractivity contribution in [1.82, 2.24) is 23.4 Å². The Morgan fingerprint density at radius 2 is 1.77 bits per heavy atom. The summed E-state index contributed by atoms with van der Waals surface area (Å²) >= 11 is 0. The molecule has 0 radical (unpaired) electrons. The summed E-state index contributed by atoms with van der Waals surface area (Å²) in [7, 11) is -3.80. The van der Waals surface area contributed by atoms with E-state index in [0.29, 0.717) is 24.9 Å². The molecule has 3 aromatic heterocycles. The lowest BCUT2D eigenvalue weighted by Gasteiger charge is -2.40. The lowest BCUT2D eigenvalue weighted by molar-refractivity contribution is 0.102. The van der Waals surface area contributed by atoms with Gasteiger partial charge in [0, 0.05) is 29.6 Å². The molecule has 0 amide bonds. The summed E-state index contributed by atoms with van der Waals surface area (Å²) in [5, 5.41) is 10.0. The van der Waals surface area contributed by atoms with Crippen molar-refractivity contribution in [3.05, 3.63) is 67.3 Å². The highest BCUT2D eigenvalue weighted by Crippen LogP contribution is 2.38. The molecule has 40 heavy (non-hydrogen) atoms. The molecule has 1 aliphatic heterocycles. The number of fused-ring (bicyclic) bond motifs is 3. The summed E-state index contributed by atoms with van der Waals surface area (Å²) in [6.45, 7) is 6.52. The molecular weight excluding hydrogens is 524 g/mol.